The van der Waals surface area contributed by atoms with E-state index >= 15 is 0 Å². The fourth-order valence-electron chi connectivity index (χ4n) is 3.98. The molecule has 0 heterocycles. The number of carbonyl (C=O) groups excluding carboxylic acids is 1. The summed E-state index contributed by atoms with van der Waals surface area (Å²) in [6.07, 6.45) is 3.10. The highest BCUT2D eigenvalue weighted by Gasteiger charge is 2.28. The van der Waals surface area contributed by atoms with Gasteiger partial charge in [-0.05, 0) is 61.3 Å². The molecule has 1 unspecified atom stereocenters. The molecule has 1 fully saturated rings. The van der Waals surface area contributed by atoms with Crippen molar-refractivity contribution in [1.29, 1.82) is 0 Å². The van der Waals surface area contributed by atoms with Gasteiger partial charge in [-0.3, -0.25) is 4.79 Å². The minimum absolute atomic E-state index is 0.0125. The van der Waals surface area contributed by atoms with E-state index < -0.39 is 6.09 Å². The van der Waals surface area contributed by atoms with Crippen LogP contribution in [-0.4, -0.2) is 23.7 Å². The lowest BCUT2D eigenvalue weighted by molar-refractivity contribution is -0.127. The van der Waals surface area contributed by atoms with E-state index in [1.807, 2.05) is 36.4 Å². The lowest BCUT2D eigenvalue weighted by atomic mass is 9.81. The molecule has 0 aromatic heterocycles. The monoisotopic (exact) mass is 458 g/mol. The minimum Gasteiger partial charge on any atom is -0.465 e. The largest absolute Gasteiger partial charge is 0.465 e. The zero-order valence-electron chi connectivity index (χ0n) is 16.3. The van der Waals surface area contributed by atoms with E-state index in [1.54, 1.807) is 0 Å². The molecule has 6 heteroatoms. The molecule has 0 bridgehead atoms. The van der Waals surface area contributed by atoms with Gasteiger partial charge in [0.05, 0.1) is 6.04 Å². The summed E-state index contributed by atoms with van der Waals surface area (Å²) >= 11 is 3.53. The number of rotatable bonds is 7. The topological polar surface area (TPSA) is 78.4 Å². The van der Waals surface area contributed by atoms with Crippen LogP contribution in [0.2, 0.25) is 0 Å². The minimum atomic E-state index is -0.984. The summed E-state index contributed by atoms with van der Waals surface area (Å²) in [6, 6.07) is 18.2. The third-order valence-corrected chi connectivity index (χ3v) is 6.10. The molecule has 1 aliphatic carbocycles. The van der Waals surface area contributed by atoms with Crippen LogP contribution < -0.4 is 10.6 Å². The highest BCUT2D eigenvalue weighted by atomic mass is 79.9. The first-order chi connectivity index (χ1) is 14.0. The summed E-state index contributed by atoms with van der Waals surface area (Å²) in [5.74, 6) is 0.400. The van der Waals surface area contributed by atoms with Crippen molar-refractivity contribution in [3.8, 4) is 0 Å². The Morgan fingerprint density at radius 3 is 2.41 bits per heavy atom. The van der Waals surface area contributed by atoms with E-state index in [-0.39, 0.29) is 17.9 Å². The van der Waals surface area contributed by atoms with Crippen molar-refractivity contribution in [2.45, 2.75) is 38.1 Å². The fourth-order valence-corrected chi connectivity index (χ4v) is 4.39. The number of halogens is 1. The predicted octanol–water partition coefficient (Wildman–Crippen LogP) is 4.92. The second kappa shape index (κ2) is 10.4. The molecule has 0 aliphatic heterocycles. The van der Waals surface area contributed by atoms with Gasteiger partial charge in [-0.15, -0.1) is 0 Å². The van der Waals surface area contributed by atoms with E-state index in [9.17, 15) is 9.59 Å². The molecule has 29 heavy (non-hydrogen) atoms. The van der Waals surface area contributed by atoms with Crippen molar-refractivity contribution in [3.63, 3.8) is 0 Å². The predicted molar refractivity (Wildman–Crippen MR) is 117 cm³/mol. The Balaban J connectivity index is 1.63. The third-order valence-electron chi connectivity index (χ3n) is 5.61. The number of hydrogen-bond acceptors (Lipinski definition) is 2. The van der Waals surface area contributed by atoms with Gasteiger partial charge >= 0.3 is 6.09 Å². The molecule has 1 aliphatic rings. The first-order valence-electron chi connectivity index (χ1n) is 10.1. The summed E-state index contributed by atoms with van der Waals surface area (Å²) in [6.45, 7) is 0.471. The molecule has 0 radical (unpaired) electrons. The van der Waals surface area contributed by atoms with Gasteiger partial charge in [-0.2, -0.15) is 0 Å². The molecule has 2 amide bonds. The molecule has 3 rings (SSSR count). The zero-order valence-corrected chi connectivity index (χ0v) is 17.9. The number of amides is 2. The van der Waals surface area contributed by atoms with Crippen molar-refractivity contribution >= 4 is 27.9 Å². The van der Waals surface area contributed by atoms with Gasteiger partial charge in [-0.25, -0.2) is 4.79 Å². The van der Waals surface area contributed by atoms with Crippen LogP contribution in [0.1, 0.15) is 42.9 Å². The standard InChI is InChI=1S/C23H27BrN2O3/c24-20-8-4-7-19(14-20)21(13-16-5-2-1-3-6-16)26-22(27)18-11-9-17(10-12-18)15-25-23(28)29/h1-8,14,17-18,21,25H,9-13,15H2,(H,26,27)(H,28,29). The number of hydrogen-bond donors (Lipinski definition) is 3. The highest BCUT2D eigenvalue weighted by Crippen LogP contribution is 2.30. The van der Waals surface area contributed by atoms with Crippen LogP contribution in [0.15, 0.2) is 59.1 Å². The molecular formula is C23H27BrN2O3. The van der Waals surface area contributed by atoms with Crippen LogP contribution in [0.25, 0.3) is 0 Å². The Morgan fingerprint density at radius 1 is 1.03 bits per heavy atom. The molecule has 2 aromatic rings. The molecule has 3 N–H and O–H groups in total. The maximum absolute atomic E-state index is 13.0. The van der Waals surface area contributed by atoms with Gasteiger partial charge in [0.1, 0.15) is 0 Å². The summed E-state index contributed by atoms with van der Waals surface area (Å²) in [7, 11) is 0. The van der Waals surface area contributed by atoms with Gasteiger partial charge in [0.2, 0.25) is 5.91 Å². The van der Waals surface area contributed by atoms with Crippen molar-refractivity contribution in [3.05, 3.63) is 70.2 Å². The Kier molecular flexibility index (Phi) is 7.69. The fraction of sp³-hybridized carbons (Fsp3) is 0.391. The Hall–Kier alpha value is -2.34. The van der Waals surface area contributed by atoms with Gasteiger partial charge in [-0.1, -0.05) is 58.4 Å². The van der Waals surface area contributed by atoms with Crippen molar-refractivity contribution < 1.29 is 14.7 Å². The van der Waals surface area contributed by atoms with E-state index in [0.717, 1.165) is 42.1 Å². The highest BCUT2D eigenvalue weighted by molar-refractivity contribution is 9.10. The first kappa shape index (κ1) is 21.4. The summed E-state index contributed by atoms with van der Waals surface area (Å²) < 4.78 is 0.994. The smallest absolute Gasteiger partial charge is 0.404 e. The summed E-state index contributed by atoms with van der Waals surface area (Å²) in [4.78, 5) is 23.7. The maximum Gasteiger partial charge on any atom is 0.404 e. The molecule has 1 saturated carbocycles. The molecule has 0 saturated heterocycles. The average Bonchev–Trinajstić information content (AvgIpc) is 2.73. The van der Waals surface area contributed by atoms with Gasteiger partial charge < -0.3 is 15.7 Å². The number of carboxylic acid groups (broad SMARTS) is 1. The molecule has 0 spiro atoms. The van der Waals surface area contributed by atoms with Crippen LogP contribution in [0.4, 0.5) is 4.79 Å². The quantitative estimate of drug-likeness (QED) is 0.550. The van der Waals surface area contributed by atoms with Crippen LogP contribution in [0.5, 0.6) is 0 Å². The van der Waals surface area contributed by atoms with E-state index in [4.69, 9.17) is 5.11 Å². The molecule has 2 aromatic carbocycles. The Bertz CT molecular complexity index is 820. The van der Waals surface area contributed by atoms with E-state index in [2.05, 4.69) is 44.8 Å². The van der Waals surface area contributed by atoms with Gasteiger partial charge in [0, 0.05) is 16.9 Å². The van der Waals surface area contributed by atoms with Crippen LogP contribution in [0, 0.1) is 11.8 Å². The van der Waals surface area contributed by atoms with Gasteiger partial charge in [0.15, 0.2) is 0 Å². The Morgan fingerprint density at radius 2 is 1.76 bits per heavy atom. The SMILES string of the molecule is O=C(O)NCC1CCC(C(=O)NC(Cc2ccccc2)c2cccc(Br)c2)CC1. The van der Waals surface area contributed by atoms with Crippen LogP contribution in [-0.2, 0) is 11.2 Å². The summed E-state index contributed by atoms with van der Waals surface area (Å²) in [5.41, 5.74) is 2.26. The maximum atomic E-state index is 13.0. The van der Waals surface area contributed by atoms with Crippen LogP contribution in [0.3, 0.4) is 0 Å². The normalized spacial score (nSPS) is 19.9. The van der Waals surface area contributed by atoms with E-state index in [1.165, 1.54) is 5.56 Å². The third kappa shape index (κ3) is 6.60. The molecule has 1 atom stereocenters. The summed E-state index contributed by atoms with van der Waals surface area (Å²) in [5, 5.41) is 14.5. The van der Waals surface area contributed by atoms with Crippen LogP contribution >= 0.6 is 15.9 Å². The second-order valence-electron chi connectivity index (χ2n) is 7.71. The number of carbonyl (C=O) groups is 2. The second-order valence-corrected chi connectivity index (χ2v) is 8.63. The molecule has 5 nitrogen and oxygen atoms in total. The lowest BCUT2D eigenvalue weighted by Gasteiger charge is -2.29. The van der Waals surface area contributed by atoms with Crippen molar-refractivity contribution in [2.24, 2.45) is 11.8 Å². The average molecular weight is 459 g/mol. The Labute approximate surface area is 180 Å². The lowest BCUT2D eigenvalue weighted by Crippen LogP contribution is -2.38. The van der Waals surface area contributed by atoms with Crippen molar-refractivity contribution in [2.75, 3.05) is 6.54 Å². The van der Waals surface area contributed by atoms with Crippen molar-refractivity contribution in [1.82, 2.24) is 10.6 Å². The molecular weight excluding hydrogens is 432 g/mol. The number of benzene rings is 2. The van der Waals surface area contributed by atoms with E-state index in [0.29, 0.717) is 12.5 Å². The molecule has 154 valence electrons. The number of nitrogens with one attached hydrogen (secondary N) is 2. The zero-order chi connectivity index (χ0) is 20.6. The van der Waals surface area contributed by atoms with Gasteiger partial charge in [0.25, 0.3) is 0 Å². The first-order valence-corrected chi connectivity index (χ1v) is 10.9.